The molecule has 2 rings (SSSR count). The second-order valence-electron chi connectivity index (χ2n) is 3.88. The number of rotatable bonds is 4. The molecule has 6 heteroatoms. The average Bonchev–Trinajstić information content (AvgIpc) is 2.44. The molecule has 0 bridgehead atoms. The van der Waals surface area contributed by atoms with Crippen LogP contribution in [0.4, 0.5) is 16.2 Å². The first-order chi connectivity index (χ1) is 9.69. The number of nitrogens with one attached hydrogen (secondary N) is 2. The van der Waals surface area contributed by atoms with E-state index in [1.54, 1.807) is 42.6 Å². The third-order valence-electron chi connectivity index (χ3n) is 2.43. The summed E-state index contributed by atoms with van der Waals surface area (Å²) in [5.41, 5.74) is 1.11. The Hall–Kier alpha value is -2.27. The maximum absolute atomic E-state index is 11.8. The summed E-state index contributed by atoms with van der Waals surface area (Å²) in [4.78, 5) is 15.7. The molecule has 1 heterocycles. The Morgan fingerprint density at radius 1 is 1.25 bits per heavy atom. The molecule has 0 saturated heterocycles. The SMILES string of the molecule is CCOc1ccc(NC(=O)Nc2cccnc2Cl)cc1. The lowest BCUT2D eigenvalue weighted by Gasteiger charge is -2.09. The lowest BCUT2D eigenvalue weighted by Crippen LogP contribution is -2.19. The predicted octanol–water partition coefficient (Wildman–Crippen LogP) is 3.78. The first-order valence-corrected chi connectivity index (χ1v) is 6.48. The van der Waals surface area contributed by atoms with Crippen LogP contribution in [0.2, 0.25) is 5.15 Å². The molecule has 0 aliphatic carbocycles. The molecule has 104 valence electrons. The first-order valence-electron chi connectivity index (χ1n) is 6.10. The number of amides is 2. The number of anilines is 2. The summed E-state index contributed by atoms with van der Waals surface area (Å²) >= 11 is 5.86. The van der Waals surface area contributed by atoms with Gasteiger partial charge in [0.2, 0.25) is 0 Å². The van der Waals surface area contributed by atoms with Crippen LogP contribution in [0.5, 0.6) is 5.75 Å². The Labute approximate surface area is 121 Å². The van der Waals surface area contributed by atoms with Crippen LogP contribution in [0.3, 0.4) is 0 Å². The van der Waals surface area contributed by atoms with E-state index < -0.39 is 0 Å². The third kappa shape index (κ3) is 3.86. The Morgan fingerprint density at radius 3 is 2.65 bits per heavy atom. The van der Waals surface area contributed by atoms with Crippen LogP contribution in [0.1, 0.15) is 6.92 Å². The molecule has 20 heavy (non-hydrogen) atoms. The van der Waals surface area contributed by atoms with E-state index >= 15 is 0 Å². The Balaban J connectivity index is 1.96. The van der Waals surface area contributed by atoms with Gasteiger partial charge in [-0.25, -0.2) is 9.78 Å². The average molecular weight is 292 g/mol. The number of ether oxygens (including phenoxy) is 1. The Kier molecular flexibility index (Phi) is 4.79. The van der Waals surface area contributed by atoms with Gasteiger partial charge in [0.1, 0.15) is 5.75 Å². The van der Waals surface area contributed by atoms with Crippen molar-refractivity contribution in [1.82, 2.24) is 4.98 Å². The number of nitrogens with zero attached hydrogens (tertiary/aromatic N) is 1. The smallest absolute Gasteiger partial charge is 0.323 e. The first kappa shape index (κ1) is 14.1. The number of urea groups is 1. The van der Waals surface area contributed by atoms with E-state index in [1.807, 2.05) is 6.92 Å². The molecule has 2 amide bonds. The van der Waals surface area contributed by atoms with Crippen molar-refractivity contribution in [2.24, 2.45) is 0 Å². The van der Waals surface area contributed by atoms with Crippen LogP contribution >= 0.6 is 11.6 Å². The van der Waals surface area contributed by atoms with Gasteiger partial charge in [0.25, 0.3) is 0 Å². The molecule has 0 spiro atoms. The summed E-state index contributed by atoms with van der Waals surface area (Å²) in [5, 5.41) is 5.56. The van der Waals surface area contributed by atoms with Gasteiger partial charge in [-0.15, -0.1) is 0 Å². The van der Waals surface area contributed by atoms with Crippen LogP contribution in [0.25, 0.3) is 0 Å². The van der Waals surface area contributed by atoms with Gasteiger partial charge in [-0.2, -0.15) is 0 Å². The monoisotopic (exact) mass is 291 g/mol. The highest BCUT2D eigenvalue weighted by molar-refractivity contribution is 6.32. The van der Waals surface area contributed by atoms with Gasteiger partial charge in [0, 0.05) is 11.9 Å². The zero-order valence-corrected chi connectivity index (χ0v) is 11.6. The maximum atomic E-state index is 11.8. The van der Waals surface area contributed by atoms with Gasteiger partial charge in [0.05, 0.1) is 12.3 Å². The number of benzene rings is 1. The van der Waals surface area contributed by atoms with Crippen molar-refractivity contribution in [3.8, 4) is 5.75 Å². The minimum atomic E-state index is -0.385. The summed E-state index contributed by atoms with van der Waals surface area (Å²) < 4.78 is 5.32. The van der Waals surface area contributed by atoms with Gasteiger partial charge < -0.3 is 15.4 Å². The molecule has 2 N–H and O–H groups in total. The fourth-order valence-corrected chi connectivity index (χ4v) is 1.73. The lowest BCUT2D eigenvalue weighted by molar-refractivity contribution is 0.262. The van der Waals surface area contributed by atoms with Gasteiger partial charge in [-0.1, -0.05) is 11.6 Å². The van der Waals surface area contributed by atoms with Crippen LogP contribution < -0.4 is 15.4 Å². The fraction of sp³-hybridized carbons (Fsp3) is 0.143. The molecule has 0 unspecified atom stereocenters. The second-order valence-corrected chi connectivity index (χ2v) is 4.24. The molecule has 0 aliphatic rings. The van der Waals surface area contributed by atoms with Gasteiger partial charge in [-0.3, -0.25) is 0 Å². The molecule has 0 atom stereocenters. The van der Waals surface area contributed by atoms with E-state index in [-0.39, 0.29) is 11.2 Å². The molecule has 0 fully saturated rings. The van der Waals surface area contributed by atoms with Crippen LogP contribution in [0.15, 0.2) is 42.6 Å². The Morgan fingerprint density at radius 2 is 2.00 bits per heavy atom. The van der Waals surface area contributed by atoms with Crippen molar-refractivity contribution in [3.05, 3.63) is 47.7 Å². The topological polar surface area (TPSA) is 63.2 Å². The number of halogens is 1. The van der Waals surface area contributed by atoms with Crippen molar-refractivity contribution in [2.45, 2.75) is 6.92 Å². The summed E-state index contributed by atoms with van der Waals surface area (Å²) in [6.45, 7) is 2.52. The van der Waals surface area contributed by atoms with Gasteiger partial charge in [-0.05, 0) is 43.3 Å². The second kappa shape index (κ2) is 6.77. The maximum Gasteiger partial charge on any atom is 0.323 e. The van der Waals surface area contributed by atoms with E-state index in [0.29, 0.717) is 18.0 Å². The summed E-state index contributed by atoms with van der Waals surface area (Å²) in [5.74, 6) is 0.758. The minimum Gasteiger partial charge on any atom is -0.494 e. The minimum absolute atomic E-state index is 0.245. The van der Waals surface area contributed by atoms with E-state index in [2.05, 4.69) is 15.6 Å². The standard InChI is InChI=1S/C14H14ClN3O2/c1-2-20-11-7-5-10(6-8-11)17-14(19)18-12-4-3-9-16-13(12)15/h3-9H,2H2,1H3,(H2,17,18,19). The van der Waals surface area contributed by atoms with Crippen molar-refractivity contribution in [2.75, 3.05) is 17.2 Å². The van der Waals surface area contributed by atoms with Crippen molar-refractivity contribution in [3.63, 3.8) is 0 Å². The molecule has 0 saturated carbocycles. The Bertz CT molecular complexity index is 587. The molecular weight excluding hydrogens is 278 g/mol. The largest absolute Gasteiger partial charge is 0.494 e. The van der Waals surface area contributed by atoms with Gasteiger partial charge >= 0.3 is 6.03 Å². The van der Waals surface area contributed by atoms with Crippen molar-refractivity contribution < 1.29 is 9.53 Å². The highest BCUT2D eigenvalue weighted by atomic mass is 35.5. The van der Waals surface area contributed by atoms with E-state index in [4.69, 9.17) is 16.3 Å². The summed E-state index contributed by atoms with van der Waals surface area (Å²) in [6, 6.07) is 10.1. The number of aromatic nitrogens is 1. The molecule has 0 radical (unpaired) electrons. The molecule has 2 aromatic rings. The zero-order valence-electron chi connectivity index (χ0n) is 10.9. The van der Waals surface area contributed by atoms with E-state index in [0.717, 1.165) is 5.75 Å². The van der Waals surface area contributed by atoms with E-state index in [1.165, 1.54) is 0 Å². The highest BCUT2D eigenvalue weighted by Gasteiger charge is 2.06. The number of carbonyl (C=O) groups excluding carboxylic acids is 1. The van der Waals surface area contributed by atoms with Crippen LogP contribution in [0, 0.1) is 0 Å². The summed E-state index contributed by atoms with van der Waals surface area (Å²) in [6.07, 6.45) is 1.55. The lowest BCUT2D eigenvalue weighted by atomic mass is 10.3. The van der Waals surface area contributed by atoms with Gasteiger partial charge in [0.15, 0.2) is 5.15 Å². The molecule has 5 nitrogen and oxygen atoms in total. The van der Waals surface area contributed by atoms with Crippen molar-refractivity contribution >= 4 is 29.0 Å². The predicted molar refractivity (Wildman–Crippen MR) is 79.5 cm³/mol. The van der Waals surface area contributed by atoms with Crippen molar-refractivity contribution in [1.29, 1.82) is 0 Å². The number of pyridine rings is 1. The van der Waals surface area contributed by atoms with E-state index in [9.17, 15) is 4.79 Å². The summed E-state index contributed by atoms with van der Waals surface area (Å²) in [7, 11) is 0. The van der Waals surface area contributed by atoms with Crippen LogP contribution in [-0.4, -0.2) is 17.6 Å². The van der Waals surface area contributed by atoms with Crippen LogP contribution in [-0.2, 0) is 0 Å². The number of carbonyl (C=O) groups is 1. The fourth-order valence-electron chi connectivity index (χ4n) is 1.57. The third-order valence-corrected chi connectivity index (χ3v) is 2.73. The molecule has 0 aliphatic heterocycles. The normalized spacial score (nSPS) is 9.90. The number of hydrogen-bond acceptors (Lipinski definition) is 3. The molecule has 1 aromatic heterocycles. The highest BCUT2D eigenvalue weighted by Crippen LogP contribution is 2.19. The number of hydrogen-bond donors (Lipinski definition) is 2. The molecule has 1 aromatic carbocycles. The zero-order chi connectivity index (χ0) is 14.4. The quantitative estimate of drug-likeness (QED) is 0.843. The molecular formula is C14H14ClN3O2.